The van der Waals surface area contributed by atoms with Crippen molar-refractivity contribution in [2.45, 2.75) is 6.54 Å². The summed E-state index contributed by atoms with van der Waals surface area (Å²) < 4.78 is 1.78. The fraction of sp³-hybridized carbons (Fsp3) is 0.0588. The molecule has 0 unspecified atom stereocenters. The van der Waals surface area contributed by atoms with Gasteiger partial charge < -0.3 is 10.3 Å². The van der Waals surface area contributed by atoms with Crippen LogP contribution < -0.4 is 10.9 Å². The van der Waals surface area contributed by atoms with Gasteiger partial charge >= 0.3 is 0 Å². The molecule has 0 bridgehead atoms. The van der Waals surface area contributed by atoms with E-state index in [1.54, 1.807) is 16.5 Å². The monoisotopic (exact) mass is 319 g/mol. The van der Waals surface area contributed by atoms with Crippen LogP contribution in [0.1, 0.15) is 16.2 Å². The molecule has 3 heterocycles. The van der Waals surface area contributed by atoms with Gasteiger partial charge in [0.1, 0.15) is 5.56 Å². The number of H-pyrrole nitrogens is 1. The first-order valence-electron chi connectivity index (χ1n) is 7.41. The highest BCUT2D eigenvalue weighted by Crippen LogP contribution is 2.10. The second-order valence-electron chi connectivity index (χ2n) is 5.33. The minimum Gasteiger partial charge on any atom is -0.345 e. The first-order chi connectivity index (χ1) is 11.7. The zero-order chi connectivity index (χ0) is 16.5. The van der Waals surface area contributed by atoms with Crippen molar-refractivity contribution in [2.75, 3.05) is 0 Å². The van der Waals surface area contributed by atoms with Crippen LogP contribution in [-0.4, -0.2) is 25.5 Å². The Morgan fingerprint density at radius 3 is 2.88 bits per heavy atom. The van der Waals surface area contributed by atoms with Gasteiger partial charge in [-0.2, -0.15) is 0 Å². The summed E-state index contributed by atoms with van der Waals surface area (Å²) in [6, 6.07) is 14.4. The summed E-state index contributed by atoms with van der Waals surface area (Å²) in [7, 11) is 0. The Kier molecular flexibility index (Phi) is 3.31. The van der Waals surface area contributed by atoms with Crippen molar-refractivity contribution in [2.24, 2.45) is 0 Å². The number of nitrogens with zero attached hydrogens (tertiary/aromatic N) is 3. The maximum Gasteiger partial charge on any atom is 0.261 e. The number of carbonyl (C=O) groups is 1. The predicted molar refractivity (Wildman–Crippen MR) is 88.7 cm³/mol. The lowest BCUT2D eigenvalue weighted by molar-refractivity contribution is 0.0948. The third-order valence-electron chi connectivity index (χ3n) is 3.79. The van der Waals surface area contributed by atoms with E-state index in [4.69, 9.17) is 0 Å². The van der Waals surface area contributed by atoms with E-state index in [9.17, 15) is 9.59 Å². The molecule has 3 aromatic heterocycles. The van der Waals surface area contributed by atoms with Gasteiger partial charge in [0.25, 0.3) is 11.5 Å². The normalized spacial score (nSPS) is 11.0. The highest BCUT2D eigenvalue weighted by Gasteiger charge is 2.13. The average Bonchev–Trinajstić information content (AvgIpc) is 3.02. The molecule has 0 saturated heterocycles. The number of rotatable bonds is 3. The first-order valence-corrected chi connectivity index (χ1v) is 7.41. The number of benzene rings is 1. The van der Waals surface area contributed by atoms with Crippen LogP contribution >= 0.6 is 0 Å². The first kappa shape index (κ1) is 14.1. The number of nitrogens with one attached hydrogen (secondary N) is 2. The van der Waals surface area contributed by atoms with E-state index in [1.807, 2.05) is 42.6 Å². The minimum atomic E-state index is -0.449. The Bertz CT molecular complexity index is 1110. The Morgan fingerprint density at radius 1 is 1.12 bits per heavy atom. The van der Waals surface area contributed by atoms with Crippen molar-refractivity contribution >= 4 is 22.5 Å². The Hall–Kier alpha value is -3.48. The Morgan fingerprint density at radius 2 is 1.96 bits per heavy atom. The molecule has 2 N–H and O–H groups in total. The van der Waals surface area contributed by atoms with Crippen LogP contribution in [0.15, 0.2) is 59.5 Å². The van der Waals surface area contributed by atoms with Gasteiger partial charge in [-0.3, -0.25) is 14.0 Å². The van der Waals surface area contributed by atoms with E-state index in [-0.39, 0.29) is 12.1 Å². The summed E-state index contributed by atoms with van der Waals surface area (Å²) in [5.41, 5.74) is 1.05. The topological polar surface area (TPSA) is 92.2 Å². The Balaban J connectivity index is 1.60. The fourth-order valence-corrected chi connectivity index (χ4v) is 2.58. The smallest absolute Gasteiger partial charge is 0.261 e. The molecule has 24 heavy (non-hydrogen) atoms. The third kappa shape index (κ3) is 2.41. The second kappa shape index (κ2) is 5.62. The molecule has 0 saturated carbocycles. The van der Waals surface area contributed by atoms with Crippen LogP contribution in [0, 0.1) is 0 Å². The van der Waals surface area contributed by atoms with Gasteiger partial charge in [0, 0.05) is 11.7 Å². The largest absolute Gasteiger partial charge is 0.345 e. The molecule has 0 atom stereocenters. The summed E-state index contributed by atoms with van der Waals surface area (Å²) in [6.07, 6.45) is 1.82. The molecule has 7 heteroatoms. The summed E-state index contributed by atoms with van der Waals surface area (Å²) in [4.78, 5) is 27.2. The molecule has 118 valence electrons. The molecule has 0 aliphatic carbocycles. The van der Waals surface area contributed by atoms with E-state index in [1.165, 1.54) is 0 Å². The molecule has 0 spiro atoms. The molecule has 0 fully saturated rings. The maximum atomic E-state index is 12.4. The van der Waals surface area contributed by atoms with Crippen molar-refractivity contribution in [1.29, 1.82) is 0 Å². The molecule has 4 rings (SSSR count). The SMILES string of the molecule is O=C(NCc1nnc2ccccn12)c1cc2ccccc2[nH]c1=O. The number of pyridine rings is 2. The van der Waals surface area contributed by atoms with Crippen molar-refractivity contribution in [3.63, 3.8) is 0 Å². The van der Waals surface area contributed by atoms with Gasteiger partial charge in [0.15, 0.2) is 11.5 Å². The highest BCUT2D eigenvalue weighted by molar-refractivity contribution is 5.97. The molecule has 1 amide bonds. The van der Waals surface area contributed by atoms with Gasteiger partial charge in [-0.25, -0.2) is 0 Å². The molecule has 0 radical (unpaired) electrons. The molecule has 0 aliphatic rings. The van der Waals surface area contributed by atoms with Gasteiger partial charge in [-0.1, -0.05) is 24.3 Å². The molecular weight excluding hydrogens is 306 g/mol. The fourth-order valence-electron chi connectivity index (χ4n) is 2.58. The van der Waals surface area contributed by atoms with E-state index >= 15 is 0 Å². The van der Waals surface area contributed by atoms with Crippen LogP contribution in [-0.2, 0) is 6.54 Å². The van der Waals surface area contributed by atoms with Crippen LogP contribution in [0.4, 0.5) is 0 Å². The number of fused-ring (bicyclic) bond motifs is 2. The van der Waals surface area contributed by atoms with Crippen LogP contribution in [0.25, 0.3) is 16.6 Å². The van der Waals surface area contributed by atoms with Crippen LogP contribution in [0.2, 0.25) is 0 Å². The van der Waals surface area contributed by atoms with Gasteiger partial charge in [-0.05, 0) is 29.7 Å². The van der Waals surface area contributed by atoms with Crippen molar-refractivity contribution < 1.29 is 4.79 Å². The zero-order valence-electron chi connectivity index (χ0n) is 12.6. The lowest BCUT2D eigenvalue weighted by atomic mass is 10.1. The molecule has 7 nitrogen and oxygen atoms in total. The van der Waals surface area contributed by atoms with Gasteiger partial charge in [0.05, 0.1) is 6.54 Å². The maximum absolute atomic E-state index is 12.4. The van der Waals surface area contributed by atoms with E-state index in [2.05, 4.69) is 20.5 Å². The van der Waals surface area contributed by atoms with Gasteiger partial charge in [0.2, 0.25) is 0 Å². The van der Waals surface area contributed by atoms with E-state index in [0.29, 0.717) is 17.0 Å². The van der Waals surface area contributed by atoms with Crippen molar-refractivity contribution in [3.8, 4) is 0 Å². The number of hydrogen-bond acceptors (Lipinski definition) is 4. The van der Waals surface area contributed by atoms with Gasteiger partial charge in [-0.15, -0.1) is 10.2 Å². The predicted octanol–water partition coefficient (Wildman–Crippen LogP) is 1.50. The van der Waals surface area contributed by atoms with E-state index in [0.717, 1.165) is 5.39 Å². The third-order valence-corrected chi connectivity index (χ3v) is 3.79. The highest BCUT2D eigenvalue weighted by atomic mass is 16.2. The number of hydrogen-bond donors (Lipinski definition) is 2. The second-order valence-corrected chi connectivity index (χ2v) is 5.33. The minimum absolute atomic E-state index is 0.0718. The van der Waals surface area contributed by atoms with Crippen LogP contribution in [0.3, 0.4) is 0 Å². The summed E-state index contributed by atoms with van der Waals surface area (Å²) in [5.74, 6) is 0.144. The molecule has 0 aliphatic heterocycles. The number of para-hydroxylation sites is 1. The number of aromatic nitrogens is 4. The number of amides is 1. The average molecular weight is 319 g/mol. The molecule has 1 aromatic carbocycles. The number of aromatic amines is 1. The molecule has 4 aromatic rings. The van der Waals surface area contributed by atoms with Crippen LogP contribution in [0.5, 0.6) is 0 Å². The Labute approximate surface area is 136 Å². The summed E-state index contributed by atoms with van der Waals surface area (Å²) >= 11 is 0. The zero-order valence-corrected chi connectivity index (χ0v) is 12.6. The lowest BCUT2D eigenvalue weighted by Gasteiger charge is -2.05. The van der Waals surface area contributed by atoms with E-state index < -0.39 is 11.5 Å². The quantitative estimate of drug-likeness (QED) is 0.598. The summed E-state index contributed by atoms with van der Waals surface area (Å²) in [6.45, 7) is 0.177. The van der Waals surface area contributed by atoms with Crippen molar-refractivity contribution in [3.05, 3.63) is 76.5 Å². The lowest BCUT2D eigenvalue weighted by Crippen LogP contribution is -2.29. The standard InChI is InChI=1S/C17H13N5O2/c23-16(12-9-11-5-1-2-6-13(11)19-17(12)24)18-10-15-21-20-14-7-3-4-8-22(14)15/h1-9H,10H2,(H,18,23)(H,19,24). The summed E-state index contributed by atoms with van der Waals surface area (Å²) in [5, 5.41) is 11.6. The van der Waals surface area contributed by atoms with Crippen molar-refractivity contribution in [1.82, 2.24) is 24.9 Å². The number of carbonyl (C=O) groups excluding carboxylic acids is 1. The molecular formula is C17H13N5O2.